The molecule has 0 saturated heterocycles. The summed E-state index contributed by atoms with van der Waals surface area (Å²) in [6, 6.07) is 0. The molecule has 0 bridgehead atoms. The van der Waals surface area contributed by atoms with Gasteiger partial charge in [-0.2, -0.15) is 17.6 Å². The second-order valence-electron chi connectivity index (χ2n) is 10.0. The first-order valence-corrected chi connectivity index (χ1v) is 9.65. The fraction of sp³-hybridized carbons (Fsp3) is 1.00. The van der Waals surface area contributed by atoms with Crippen molar-refractivity contribution in [2.75, 3.05) is 0 Å². The number of rotatable bonds is 9. The van der Waals surface area contributed by atoms with E-state index in [1.54, 1.807) is 20.8 Å². The van der Waals surface area contributed by atoms with E-state index in [0.29, 0.717) is 12.8 Å². The molecule has 0 rings (SSSR count). The number of hydrogen-bond acceptors (Lipinski definition) is 0. The molecular formula is C21H40F4. The Morgan fingerprint density at radius 1 is 0.560 bits per heavy atom. The van der Waals surface area contributed by atoms with Crippen molar-refractivity contribution in [1.82, 2.24) is 0 Å². The van der Waals surface area contributed by atoms with Gasteiger partial charge in [-0.25, -0.2) is 0 Å². The molecule has 0 aromatic rings. The quantitative estimate of drug-likeness (QED) is 0.359. The monoisotopic (exact) mass is 368 g/mol. The van der Waals surface area contributed by atoms with Crippen molar-refractivity contribution in [3.05, 3.63) is 0 Å². The molecule has 0 nitrogen and oxygen atoms in total. The minimum atomic E-state index is -4.09. The van der Waals surface area contributed by atoms with Crippen LogP contribution in [0.2, 0.25) is 0 Å². The van der Waals surface area contributed by atoms with Gasteiger partial charge in [0.25, 0.3) is 0 Å². The molecule has 2 atom stereocenters. The average Bonchev–Trinajstić information content (AvgIpc) is 2.50. The molecule has 2 unspecified atom stereocenters. The molecule has 0 amide bonds. The number of halogens is 4. The zero-order valence-electron chi connectivity index (χ0n) is 18.0. The zero-order valence-corrected chi connectivity index (χ0v) is 18.0. The lowest BCUT2D eigenvalue weighted by Gasteiger charge is -2.55. The summed E-state index contributed by atoms with van der Waals surface area (Å²) in [6.07, 6.45) is 1.71. The lowest BCUT2D eigenvalue weighted by molar-refractivity contribution is -0.328. The van der Waals surface area contributed by atoms with Crippen LogP contribution in [0.5, 0.6) is 0 Å². The Hall–Kier alpha value is -0.280. The molecule has 0 radical (unpaired) electrons. The van der Waals surface area contributed by atoms with Crippen molar-refractivity contribution in [2.45, 2.75) is 113 Å². The summed E-state index contributed by atoms with van der Waals surface area (Å²) in [5.41, 5.74) is -4.43. The second kappa shape index (κ2) is 7.38. The van der Waals surface area contributed by atoms with Crippen molar-refractivity contribution >= 4 is 0 Å². The van der Waals surface area contributed by atoms with E-state index in [2.05, 4.69) is 20.8 Å². The third-order valence-electron chi connectivity index (χ3n) is 7.07. The van der Waals surface area contributed by atoms with Gasteiger partial charge in [-0.05, 0) is 42.9 Å². The summed E-state index contributed by atoms with van der Waals surface area (Å²) >= 11 is 0. The Bertz CT molecular complexity index is 434. The van der Waals surface area contributed by atoms with E-state index in [1.165, 1.54) is 20.8 Å². The maximum atomic E-state index is 15.5. The first-order valence-electron chi connectivity index (χ1n) is 9.65. The van der Waals surface area contributed by atoms with Gasteiger partial charge in [0.15, 0.2) is 0 Å². The van der Waals surface area contributed by atoms with Crippen molar-refractivity contribution in [3.63, 3.8) is 0 Å². The molecule has 0 aromatic heterocycles. The molecule has 152 valence electrons. The molecule has 0 aromatic carbocycles. The van der Waals surface area contributed by atoms with E-state index in [4.69, 9.17) is 0 Å². The normalized spacial score (nSPS) is 19.4. The Balaban J connectivity index is 6.19. The lowest BCUT2D eigenvalue weighted by atomic mass is 9.54. The first-order chi connectivity index (χ1) is 10.9. The van der Waals surface area contributed by atoms with E-state index >= 15 is 17.6 Å². The summed E-state index contributed by atoms with van der Waals surface area (Å²) in [5, 5.41) is 0. The van der Waals surface area contributed by atoms with Crippen LogP contribution in [0.4, 0.5) is 17.6 Å². The third-order valence-corrected chi connectivity index (χ3v) is 7.07. The molecule has 4 heteroatoms. The lowest BCUT2D eigenvalue weighted by Crippen LogP contribution is -2.63. The number of alkyl halides is 4. The van der Waals surface area contributed by atoms with E-state index in [-0.39, 0.29) is 18.3 Å². The van der Waals surface area contributed by atoms with Gasteiger partial charge >= 0.3 is 11.8 Å². The highest BCUT2D eigenvalue weighted by atomic mass is 19.3. The van der Waals surface area contributed by atoms with Crippen LogP contribution in [0, 0.1) is 21.7 Å². The van der Waals surface area contributed by atoms with Crippen LogP contribution in [0.1, 0.15) is 101 Å². The Kier molecular flexibility index (Phi) is 7.30. The third kappa shape index (κ3) is 4.18. The maximum absolute atomic E-state index is 15.5. The van der Waals surface area contributed by atoms with Crippen LogP contribution >= 0.6 is 0 Å². The van der Waals surface area contributed by atoms with Crippen LogP contribution < -0.4 is 0 Å². The molecule has 25 heavy (non-hydrogen) atoms. The highest BCUT2D eigenvalue weighted by molar-refractivity contribution is 5.09. The minimum absolute atomic E-state index is 0.000213. The van der Waals surface area contributed by atoms with Crippen LogP contribution in [-0.4, -0.2) is 11.8 Å². The SMILES string of the molecule is CCC(C)(C)C(F)(F)C(F)(F)C(C)(CC)C(C)(CC)CCC(C)(C)C. The van der Waals surface area contributed by atoms with Crippen molar-refractivity contribution < 1.29 is 17.6 Å². The van der Waals surface area contributed by atoms with Gasteiger partial charge in [-0.15, -0.1) is 0 Å². The van der Waals surface area contributed by atoms with Crippen molar-refractivity contribution in [1.29, 1.82) is 0 Å². The summed E-state index contributed by atoms with van der Waals surface area (Å²) < 4.78 is 61.1. The molecule has 0 aliphatic carbocycles. The fourth-order valence-electron chi connectivity index (χ4n) is 3.52. The molecule has 0 aliphatic heterocycles. The van der Waals surface area contributed by atoms with Gasteiger partial charge in [0.1, 0.15) is 0 Å². The van der Waals surface area contributed by atoms with Gasteiger partial charge in [-0.1, -0.05) is 69.2 Å². The van der Waals surface area contributed by atoms with Gasteiger partial charge in [0.05, 0.1) is 0 Å². The van der Waals surface area contributed by atoms with E-state index in [0.717, 1.165) is 6.42 Å². The Labute approximate surface area is 153 Å². The number of hydrogen-bond donors (Lipinski definition) is 0. The molecule has 0 fully saturated rings. The summed E-state index contributed by atoms with van der Waals surface area (Å²) in [7, 11) is 0. The molecule has 0 aliphatic rings. The summed E-state index contributed by atoms with van der Waals surface area (Å²) in [6.45, 7) is 16.8. The van der Waals surface area contributed by atoms with Gasteiger partial charge < -0.3 is 0 Å². The van der Waals surface area contributed by atoms with Crippen molar-refractivity contribution in [3.8, 4) is 0 Å². The smallest absolute Gasteiger partial charge is 0.199 e. The topological polar surface area (TPSA) is 0 Å². The van der Waals surface area contributed by atoms with Gasteiger partial charge in [-0.3, -0.25) is 0 Å². The minimum Gasteiger partial charge on any atom is -0.199 e. The highest BCUT2D eigenvalue weighted by Crippen LogP contribution is 2.64. The van der Waals surface area contributed by atoms with E-state index < -0.39 is 28.1 Å². The standard InChI is InChI=1S/C21H40F4/c1-11-17(7,8)20(22,23)21(24,25)19(10,13-3)18(9,12-2)15-14-16(4,5)6/h11-15H2,1-10H3. The molecule has 0 spiro atoms. The summed E-state index contributed by atoms with van der Waals surface area (Å²) in [5.74, 6) is -8.16. The Morgan fingerprint density at radius 2 is 1.00 bits per heavy atom. The van der Waals surface area contributed by atoms with Crippen LogP contribution in [0.15, 0.2) is 0 Å². The van der Waals surface area contributed by atoms with Crippen LogP contribution in [0.25, 0.3) is 0 Å². The van der Waals surface area contributed by atoms with Crippen molar-refractivity contribution in [2.24, 2.45) is 21.7 Å². The van der Waals surface area contributed by atoms with E-state index in [1.807, 2.05) is 6.92 Å². The van der Waals surface area contributed by atoms with E-state index in [9.17, 15) is 0 Å². The highest BCUT2D eigenvalue weighted by Gasteiger charge is 2.73. The van der Waals surface area contributed by atoms with Crippen LogP contribution in [-0.2, 0) is 0 Å². The maximum Gasteiger partial charge on any atom is 0.316 e. The Morgan fingerprint density at radius 3 is 1.28 bits per heavy atom. The first kappa shape index (κ1) is 24.7. The largest absolute Gasteiger partial charge is 0.316 e. The molecule has 0 heterocycles. The molecular weight excluding hydrogens is 328 g/mol. The van der Waals surface area contributed by atoms with Crippen LogP contribution in [0.3, 0.4) is 0 Å². The average molecular weight is 369 g/mol. The molecule has 0 N–H and O–H groups in total. The van der Waals surface area contributed by atoms with Gasteiger partial charge in [0.2, 0.25) is 0 Å². The molecule has 0 saturated carbocycles. The predicted molar refractivity (Wildman–Crippen MR) is 99.5 cm³/mol. The fourth-order valence-corrected chi connectivity index (χ4v) is 3.52. The zero-order chi connectivity index (χ0) is 20.5. The second-order valence-corrected chi connectivity index (χ2v) is 10.0. The summed E-state index contributed by atoms with van der Waals surface area (Å²) in [4.78, 5) is 0. The predicted octanol–water partition coefficient (Wildman–Crippen LogP) is 8.35. The van der Waals surface area contributed by atoms with Gasteiger partial charge in [0, 0.05) is 10.8 Å².